The van der Waals surface area contributed by atoms with Crippen molar-refractivity contribution in [2.75, 3.05) is 13.2 Å². The maximum atomic E-state index is 5.92. The summed E-state index contributed by atoms with van der Waals surface area (Å²) in [6.07, 6.45) is 7.46. The largest absolute Gasteiger partial charge is 0.376 e. The van der Waals surface area contributed by atoms with Gasteiger partial charge >= 0.3 is 0 Å². The highest BCUT2D eigenvalue weighted by molar-refractivity contribution is 5.12. The molecule has 0 saturated carbocycles. The molecular formula is C15H24N2O. The van der Waals surface area contributed by atoms with Crippen LogP contribution in [-0.4, -0.2) is 30.3 Å². The van der Waals surface area contributed by atoms with Gasteiger partial charge in [0.15, 0.2) is 0 Å². The van der Waals surface area contributed by atoms with Gasteiger partial charge in [-0.1, -0.05) is 13.8 Å². The van der Waals surface area contributed by atoms with Gasteiger partial charge in [0.2, 0.25) is 0 Å². The van der Waals surface area contributed by atoms with Crippen molar-refractivity contribution in [2.24, 2.45) is 5.92 Å². The van der Waals surface area contributed by atoms with E-state index in [0.29, 0.717) is 18.1 Å². The number of pyridine rings is 1. The van der Waals surface area contributed by atoms with Gasteiger partial charge in [-0.2, -0.15) is 0 Å². The van der Waals surface area contributed by atoms with Gasteiger partial charge in [-0.25, -0.2) is 0 Å². The van der Waals surface area contributed by atoms with E-state index in [1.165, 1.54) is 12.0 Å². The predicted molar refractivity (Wildman–Crippen MR) is 73.5 cm³/mol. The van der Waals surface area contributed by atoms with Crippen LogP contribution in [0.3, 0.4) is 0 Å². The average molecular weight is 248 g/mol. The zero-order valence-electron chi connectivity index (χ0n) is 11.4. The van der Waals surface area contributed by atoms with Gasteiger partial charge in [-0.05, 0) is 49.4 Å². The van der Waals surface area contributed by atoms with Crippen molar-refractivity contribution in [3.63, 3.8) is 0 Å². The van der Waals surface area contributed by atoms with E-state index in [1.54, 1.807) is 0 Å². The molecule has 1 fully saturated rings. The van der Waals surface area contributed by atoms with E-state index in [2.05, 4.69) is 36.3 Å². The van der Waals surface area contributed by atoms with Crippen LogP contribution < -0.4 is 5.32 Å². The summed E-state index contributed by atoms with van der Waals surface area (Å²) in [5, 5.41) is 3.64. The second-order valence-electron chi connectivity index (χ2n) is 5.22. The highest BCUT2D eigenvalue weighted by Gasteiger charge is 2.31. The van der Waals surface area contributed by atoms with Crippen LogP contribution in [0.5, 0.6) is 0 Å². The van der Waals surface area contributed by atoms with Gasteiger partial charge in [-0.3, -0.25) is 4.98 Å². The molecule has 18 heavy (non-hydrogen) atoms. The Morgan fingerprint density at radius 1 is 1.44 bits per heavy atom. The lowest BCUT2D eigenvalue weighted by Gasteiger charge is -2.27. The standard InChI is InChI=1S/C15H24N2O/c1-3-7-17-14(15-12(2)6-10-18-15)11-13-4-8-16-9-5-13/h4-5,8-9,12,14-15,17H,3,6-7,10-11H2,1-2H3. The van der Waals surface area contributed by atoms with Gasteiger partial charge < -0.3 is 10.1 Å². The number of rotatable bonds is 6. The molecule has 2 rings (SSSR count). The lowest BCUT2D eigenvalue weighted by atomic mass is 9.93. The average Bonchev–Trinajstić information content (AvgIpc) is 2.82. The van der Waals surface area contributed by atoms with Crippen LogP contribution in [0.4, 0.5) is 0 Å². The highest BCUT2D eigenvalue weighted by atomic mass is 16.5. The Bertz CT molecular complexity index is 342. The first-order valence-corrected chi connectivity index (χ1v) is 7.05. The molecule has 3 atom stereocenters. The highest BCUT2D eigenvalue weighted by Crippen LogP contribution is 2.24. The number of aromatic nitrogens is 1. The topological polar surface area (TPSA) is 34.2 Å². The molecule has 0 spiro atoms. The first-order chi connectivity index (χ1) is 8.81. The van der Waals surface area contributed by atoms with Crippen molar-refractivity contribution in [3.8, 4) is 0 Å². The lowest BCUT2D eigenvalue weighted by Crippen LogP contribution is -2.44. The monoisotopic (exact) mass is 248 g/mol. The molecule has 0 aromatic carbocycles. The fourth-order valence-corrected chi connectivity index (χ4v) is 2.64. The fourth-order valence-electron chi connectivity index (χ4n) is 2.64. The summed E-state index contributed by atoms with van der Waals surface area (Å²) in [6.45, 7) is 6.47. The third-order valence-electron chi connectivity index (χ3n) is 3.70. The molecule has 1 aromatic heterocycles. The van der Waals surface area contributed by atoms with Crippen LogP contribution in [0.15, 0.2) is 24.5 Å². The Morgan fingerprint density at radius 3 is 2.83 bits per heavy atom. The number of hydrogen-bond donors (Lipinski definition) is 1. The Hall–Kier alpha value is -0.930. The molecule has 1 aliphatic rings. The number of ether oxygens (including phenoxy) is 1. The van der Waals surface area contributed by atoms with Crippen molar-refractivity contribution in [2.45, 2.75) is 45.3 Å². The summed E-state index contributed by atoms with van der Waals surface area (Å²) in [5.74, 6) is 0.654. The molecule has 0 aliphatic carbocycles. The fraction of sp³-hybridized carbons (Fsp3) is 0.667. The van der Waals surface area contributed by atoms with Gasteiger partial charge in [0, 0.05) is 25.0 Å². The van der Waals surface area contributed by atoms with Crippen molar-refractivity contribution in [3.05, 3.63) is 30.1 Å². The van der Waals surface area contributed by atoms with Crippen molar-refractivity contribution in [1.29, 1.82) is 0 Å². The van der Waals surface area contributed by atoms with Crippen molar-refractivity contribution < 1.29 is 4.74 Å². The van der Waals surface area contributed by atoms with Crippen LogP contribution in [0.25, 0.3) is 0 Å². The van der Waals surface area contributed by atoms with Crippen LogP contribution in [-0.2, 0) is 11.2 Å². The molecule has 3 heteroatoms. The van der Waals surface area contributed by atoms with E-state index < -0.39 is 0 Å². The summed E-state index contributed by atoms with van der Waals surface area (Å²) in [5.41, 5.74) is 1.33. The molecule has 100 valence electrons. The van der Waals surface area contributed by atoms with Crippen LogP contribution in [0, 0.1) is 5.92 Å². The van der Waals surface area contributed by atoms with Gasteiger partial charge in [0.05, 0.1) is 6.10 Å². The van der Waals surface area contributed by atoms with Crippen molar-refractivity contribution >= 4 is 0 Å². The van der Waals surface area contributed by atoms with Crippen LogP contribution in [0.1, 0.15) is 32.3 Å². The molecule has 0 bridgehead atoms. The second kappa shape index (κ2) is 6.86. The maximum absolute atomic E-state index is 5.92. The molecule has 0 amide bonds. The zero-order chi connectivity index (χ0) is 12.8. The maximum Gasteiger partial charge on any atom is 0.0757 e. The van der Waals surface area contributed by atoms with E-state index in [-0.39, 0.29) is 0 Å². The minimum atomic E-state index is 0.352. The Kier molecular flexibility index (Phi) is 5.14. The molecule has 1 aliphatic heterocycles. The summed E-state index contributed by atoms with van der Waals surface area (Å²) >= 11 is 0. The van der Waals surface area contributed by atoms with E-state index in [4.69, 9.17) is 4.74 Å². The normalized spacial score (nSPS) is 25.2. The smallest absolute Gasteiger partial charge is 0.0757 e. The van der Waals surface area contributed by atoms with Crippen LogP contribution >= 0.6 is 0 Å². The van der Waals surface area contributed by atoms with Gasteiger partial charge in [0.25, 0.3) is 0 Å². The predicted octanol–water partition coefficient (Wildman–Crippen LogP) is 2.42. The Labute approximate surface area is 110 Å². The molecule has 0 radical (unpaired) electrons. The van der Waals surface area contributed by atoms with E-state index in [9.17, 15) is 0 Å². The van der Waals surface area contributed by atoms with Crippen LogP contribution in [0.2, 0.25) is 0 Å². The third-order valence-corrected chi connectivity index (χ3v) is 3.70. The second-order valence-corrected chi connectivity index (χ2v) is 5.22. The van der Waals surface area contributed by atoms with E-state index >= 15 is 0 Å². The Balaban J connectivity index is 2.00. The number of nitrogens with one attached hydrogen (secondary N) is 1. The molecule has 1 N–H and O–H groups in total. The molecule has 3 nitrogen and oxygen atoms in total. The number of nitrogens with zero attached hydrogens (tertiary/aromatic N) is 1. The zero-order valence-corrected chi connectivity index (χ0v) is 11.4. The minimum absolute atomic E-state index is 0.352. The summed E-state index contributed by atoms with van der Waals surface area (Å²) in [7, 11) is 0. The Morgan fingerprint density at radius 2 is 2.22 bits per heavy atom. The quantitative estimate of drug-likeness (QED) is 0.839. The molecule has 2 heterocycles. The summed E-state index contributed by atoms with van der Waals surface area (Å²) in [4.78, 5) is 4.08. The van der Waals surface area contributed by atoms with E-state index in [0.717, 1.165) is 26.0 Å². The number of hydrogen-bond acceptors (Lipinski definition) is 3. The molecule has 1 saturated heterocycles. The van der Waals surface area contributed by atoms with E-state index in [1.807, 2.05) is 12.4 Å². The first kappa shape index (κ1) is 13.5. The lowest BCUT2D eigenvalue weighted by molar-refractivity contribution is 0.0610. The summed E-state index contributed by atoms with van der Waals surface area (Å²) < 4.78 is 5.92. The molecular weight excluding hydrogens is 224 g/mol. The first-order valence-electron chi connectivity index (χ1n) is 7.05. The third kappa shape index (κ3) is 3.53. The van der Waals surface area contributed by atoms with Gasteiger partial charge in [0.1, 0.15) is 0 Å². The molecule has 3 unspecified atom stereocenters. The SMILES string of the molecule is CCCNC(Cc1ccncc1)C1OCCC1C. The molecule has 1 aromatic rings. The summed E-state index contributed by atoms with van der Waals surface area (Å²) in [6, 6.07) is 4.62. The van der Waals surface area contributed by atoms with Crippen molar-refractivity contribution in [1.82, 2.24) is 10.3 Å². The van der Waals surface area contributed by atoms with Gasteiger partial charge in [-0.15, -0.1) is 0 Å². The minimum Gasteiger partial charge on any atom is -0.376 e.